The minimum atomic E-state index is -0.147. The average molecular weight is 237 g/mol. The van der Waals surface area contributed by atoms with Gasteiger partial charge in [0.2, 0.25) is 11.7 Å². The Morgan fingerprint density at radius 1 is 1.47 bits per heavy atom. The van der Waals surface area contributed by atoms with E-state index >= 15 is 0 Å². The highest BCUT2D eigenvalue weighted by atomic mass is 16.4. The molecule has 0 spiro atoms. The van der Waals surface area contributed by atoms with E-state index < -0.39 is 0 Å². The van der Waals surface area contributed by atoms with Crippen molar-refractivity contribution in [2.45, 2.75) is 44.7 Å². The minimum Gasteiger partial charge on any atom is -0.434 e. The number of carbonyl (C=O) groups excluding carboxylic acids is 1. The van der Waals surface area contributed by atoms with Crippen molar-refractivity contribution in [1.82, 2.24) is 15.6 Å². The molecular formula is C12H19N3O2. The zero-order valence-electron chi connectivity index (χ0n) is 10.2. The highest BCUT2D eigenvalue weighted by molar-refractivity contribution is 5.91. The normalized spacial score (nSPS) is 17.0. The first-order valence-corrected chi connectivity index (χ1v) is 6.20. The minimum absolute atomic E-state index is 0.147. The molecule has 1 amide bonds. The van der Waals surface area contributed by atoms with E-state index in [-0.39, 0.29) is 5.91 Å². The predicted octanol–water partition coefficient (Wildman–Crippen LogP) is 1.46. The molecule has 2 rings (SSSR count). The second-order valence-corrected chi connectivity index (χ2v) is 4.46. The van der Waals surface area contributed by atoms with Gasteiger partial charge in [-0.25, -0.2) is 4.98 Å². The Morgan fingerprint density at radius 2 is 2.24 bits per heavy atom. The van der Waals surface area contributed by atoms with Gasteiger partial charge in [-0.2, -0.15) is 0 Å². The number of hydrogen-bond acceptors (Lipinski definition) is 4. The second kappa shape index (κ2) is 5.82. The van der Waals surface area contributed by atoms with Crippen LogP contribution in [0.1, 0.15) is 48.5 Å². The summed E-state index contributed by atoms with van der Waals surface area (Å²) in [6.07, 6.45) is 7.32. The summed E-state index contributed by atoms with van der Waals surface area (Å²) in [5, 5.41) is 5.93. The largest absolute Gasteiger partial charge is 0.434 e. The van der Waals surface area contributed by atoms with Crippen molar-refractivity contribution in [3.05, 3.63) is 17.8 Å². The molecule has 1 heterocycles. The van der Waals surface area contributed by atoms with Crippen LogP contribution in [0.4, 0.5) is 0 Å². The summed E-state index contributed by atoms with van der Waals surface area (Å²) in [4.78, 5) is 15.9. The monoisotopic (exact) mass is 237 g/mol. The quantitative estimate of drug-likeness (QED) is 0.832. The van der Waals surface area contributed by atoms with E-state index in [1.165, 1.54) is 25.5 Å². The third-order valence-corrected chi connectivity index (χ3v) is 3.05. The van der Waals surface area contributed by atoms with Crippen LogP contribution in [-0.4, -0.2) is 24.0 Å². The molecule has 0 aliphatic heterocycles. The third-order valence-electron chi connectivity index (χ3n) is 3.05. The molecular weight excluding hydrogens is 218 g/mol. The number of hydrogen-bond donors (Lipinski definition) is 2. The topological polar surface area (TPSA) is 67.2 Å². The molecule has 1 aliphatic carbocycles. The van der Waals surface area contributed by atoms with E-state index in [1.54, 1.807) is 0 Å². The van der Waals surface area contributed by atoms with Gasteiger partial charge in [0.15, 0.2) is 0 Å². The molecule has 0 radical (unpaired) electrons. The summed E-state index contributed by atoms with van der Waals surface area (Å²) in [7, 11) is 1.81. The lowest BCUT2D eigenvalue weighted by atomic mass is 9.95. The van der Waals surface area contributed by atoms with Crippen LogP contribution in [0.25, 0.3) is 0 Å². The number of aromatic nitrogens is 1. The van der Waals surface area contributed by atoms with Gasteiger partial charge >= 0.3 is 0 Å². The zero-order chi connectivity index (χ0) is 12.1. The van der Waals surface area contributed by atoms with Gasteiger partial charge in [0.1, 0.15) is 0 Å². The van der Waals surface area contributed by atoms with E-state index in [2.05, 4.69) is 15.6 Å². The van der Waals surface area contributed by atoms with Crippen molar-refractivity contribution < 1.29 is 9.21 Å². The van der Waals surface area contributed by atoms with Crippen molar-refractivity contribution >= 4 is 5.91 Å². The smallest absolute Gasteiger partial charge is 0.288 e. The Labute approximate surface area is 101 Å². The lowest BCUT2D eigenvalue weighted by molar-refractivity contribution is 0.0897. The number of nitrogens with one attached hydrogen (secondary N) is 2. The molecule has 0 aromatic carbocycles. The first-order valence-electron chi connectivity index (χ1n) is 6.20. The van der Waals surface area contributed by atoms with Crippen LogP contribution in [0, 0.1) is 0 Å². The molecule has 1 aromatic heterocycles. The lowest BCUT2D eigenvalue weighted by Gasteiger charge is -2.21. The summed E-state index contributed by atoms with van der Waals surface area (Å²) in [5.41, 5.74) is 0. The van der Waals surface area contributed by atoms with Gasteiger partial charge < -0.3 is 15.1 Å². The molecule has 0 saturated heterocycles. The van der Waals surface area contributed by atoms with E-state index in [4.69, 9.17) is 4.42 Å². The molecule has 0 atom stereocenters. The first-order chi connectivity index (χ1) is 8.29. The standard InChI is InChI=1S/C12H19N3O2/c1-13-8-11-14-7-10(17-11)12(16)15-9-5-3-2-4-6-9/h7,9,13H,2-6,8H2,1H3,(H,15,16). The van der Waals surface area contributed by atoms with Crippen molar-refractivity contribution in [2.75, 3.05) is 7.05 Å². The molecule has 0 bridgehead atoms. The molecule has 2 N–H and O–H groups in total. The Balaban J connectivity index is 1.89. The third kappa shape index (κ3) is 3.30. The number of carbonyl (C=O) groups is 1. The molecule has 94 valence electrons. The van der Waals surface area contributed by atoms with Crippen molar-refractivity contribution in [3.8, 4) is 0 Å². The molecule has 5 heteroatoms. The van der Waals surface area contributed by atoms with Gasteiger partial charge in [-0.05, 0) is 19.9 Å². The van der Waals surface area contributed by atoms with Crippen molar-refractivity contribution in [1.29, 1.82) is 0 Å². The van der Waals surface area contributed by atoms with Crippen LogP contribution in [0.3, 0.4) is 0 Å². The summed E-state index contributed by atoms with van der Waals surface area (Å²) < 4.78 is 5.34. The van der Waals surface area contributed by atoms with E-state index in [0.29, 0.717) is 24.2 Å². The van der Waals surface area contributed by atoms with Crippen molar-refractivity contribution in [3.63, 3.8) is 0 Å². The number of rotatable bonds is 4. The Morgan fingerprint density at radius 3 is 2.94 bits per heavy atom. The molecule has 1 saturated carbocycles. The number of oxazole rings is 1. The second-order valence-electron chi connectivity index (χ2n) is 4.46. The van der Waals surface area contributed by atoms with Crippen LogP contribution in [0.15, 0.2) is 10.6 Å². The average Bonchev–Trinajstić information content (AvgIpc) is 2.79. The van der Waals surface area contributed by atoms with E-state index in [0.717, 1.165) is 12.8 Å². The predicted molar refractivity (Wildman–Crippen MR) is 63.6 cm³/mol. The fraction of sp³-hybridized carbons (Fsp3) is 0.667. The molecule has 1 aromatic rings. The lowest BCUT2D eigenvalue weighted by Crippen LogP contribution is -2.35. The maximum atomic E-state index is 11.9. The van der Waals surface area contributed by atoms with Crippen LogP contribution in [0.5, 0.6) is 0 Å². The Bertz CT molecular complexity index is 370. The first kappa shape index (κ1) is 12.1. The maximum absolute atomic E-state index is 11.9. The fourth-order valence-electron chi connectivity index (χ4n) is 2.15. The van der Waals surface area contributed by atoms with E-state index in [9.17, 15) is 4.79 Å². The SMILES string of the molecule is CNCc1ncc(C(=O)NC2CCCCC2)o1. The summed E-state index contributed by atoms with van der Waals surface area (Å²) in [6.45, 7) is 0.538. The molecule has 1 fully saturated rings. The summed E-state index contributed by atoms with van der Waals surface area (Å²) >= 11 is 0. The van der Waals surface area contributed by atoms with Gasteiger partial charge in [-0.15, -0.1) is 0 Å². The summed E-state index contributed by atoms with van der Waals surface area (Å²) in [5.74, 6) is 0.703. The van der Waals surface area contributed by atoms with Gasteiger partial charge in [-0.3, -0.25) is 4.79 Å². The van der Waals surface area contributed by atoms with Crippen LogP contribution < -0.4 is 10.6 Å². The van der Waals surface area contributed by atoms with Gasteiger partial charge in [-0.1, -0.05) is 19.3 Å². The Hall–Kier alpha value is -1.36. The van der Waals surface area contributed by atoms with Crippen LogP contribution >= 0.6 is 0 Å². The maximum Gasteiger partial charge on any atom is 0.288 e. The highest BCUT2D eigenvalue weighted by Gasteiger charge is 2.19. The van der Waals surface area contributed by atoms with Gasteiger partial charge in [0, 0.05) is 6.04 Å². The zero-order valence-corrected chi connectivity index (χ0v) is 10.2. The van der Waals surface area contributed by atoms with Crippen molar-refractivity contribution in [2.24, 2.45) is 0 Å². The molecule has 5 nitrogen and oxygen atoms in total. The van der Waals surface area contributed by atoms with Crippen LogP contribution in [0.2, 0.25) is 0 Å². The van der Waals surface area contributed by atoms with E-state index in [1.807, 2.05) is 7.05 Å². The number of amides is 1. The molecule has 0 unspecified atom stereocenters. The Kier molecular flexibility index (Phi) is 4.14. The number of nitrogens with zero attached hydrogens (tertiary/aromatic N) is 1. The highest BCUT2D eigenvalue weighted by Crippen LogP contribution is 2.17. The van der Waals surface area contributed by atoms with Gasteiger partial charge in [0.25, 0.3) is 5.91 Å². The fourth-order valence-corrected chi connectivity index (χ4v) is 2.15. The van der Waals surface area contributed by atoms with Crippen LogP contribution in [-0.2, 0) is 6.54 Å². The van der Waals surface area contributed by atoms with Gasteiger partial charge in [0.05, 0.1) is 12.7 Å². The molecule has 1 aliphatic rings. The summed E-state index contributed by atoms with van der Waals surface area (Å²) in [6, 6.07) is 0.300. The molecule has 17 heavy (non-hydrogen) atoms.